The number of nitrogens with zero attached hydrogens (tertiary/aromatic N) is 2. The molecule has 1 aliphatic heterocycles. The average Bonchev–Trinajstić information content (AvgIpc) is 2.71. The Morgan fingerprint density at radius 2 is 2.13 bits per heavy atom. The summed E-state index contributed by atoms with van der Waals surface area (Å²) in [6.45, 7) is 3.67. The highest BCUT2D eigenvalue weighted by molar-refractivity contribution is 9.10. The molecule has 0 spiro atoms. The zero-order chi connectivity index (χ0) is 10.5. The summed E-state index contributed by atoms with van der Waals surface area (Å²) in [5, 5.41) is 0. The topological polar surface area (TPSA) is 25.4 Å². The highest BCUT2D eigenvalue weighted by Gasteiger charge is 2.10. The minimum atomic E-state index is 0.593. The van der Waals surface area contributed by atoms with Crippen LogP contribution in [-0.4, -0.2) is 29.7 Å². The van der Waals surface area contributed by atoms with Gasteiger partial charge in [0, 0.05) is 13.1 Å². The molecule has 3 nitrogen and oxygen atoms in total. The maximum absolute atomic E-state index is 5.60. The van der Waals surface area contributed by atoms with Gasteiger partial charge >= 0.3 is 0 Å². The molecule has 2 heterocycles. The van der Waals surface area contributed by atoms with Gasteiger partial charge in [0.25, 0.3) is 0 Å². The second-order valence-corrected chi connectivity index (χ2v) is 4.57. The van der Waals surface area contributed by atoms with Gasteiger partial charge in [-0.25, -0.2) is 4.98 Å². The molecule has 0 radical (unpaired) electrons. The number of aromatic nitrogens is 1. The Morgan fingerprint density at radius 1 is 1.33 bits per heavy atom. The van der Waals surface area contributed by atoms with E-state index in [1.54, 1.807) is 0 Å². The van der Waals surface area contributed by atoms with Gasteiger partial charge in [-0.05, 0) is 40.9 Å². The molecule has 0 N–H and O–H groups in total. The number of likely N-dealkylation sites (tertiary alicyclic amines) is 1. The van der Waals surface area contributed by atoms with E-state index in [9.17, 15) is 0 Å². The van der Waals surface area contributed by atoms with Gasteiger partial charge < -0.3 is 4.74 Å². The van der Waals surface area contributed by atoms with E-state index in [0.29, 0.717) is 6.61 Å². The number of pyridine rings is 1. The first-order chi connectivity index (χ1) is 7.34. The van der Waals surface area contributed by atoms with Gasteiger partial charge in [0.15, 0.2) is 0 Å². The lowest BCUT2D eigenvalue weighted by Crippen LogP contribution is -2.22. The molecule has 0 bridgehead atoms. The molecule has 1 fully saturated rings. The van der Waals surface area contributed by atoms with Crippen LogP contribution in [0.1, 0.15) is 18.5 Å². The normalized spacial score (nSPS) is 17.1. The summed E-state index contributed by atoms with van der Waals surface area (Å²) < 4.78 is 6.47. The Labute approximate surface area is 98.6 Å². The van der Waals surface area contributed by atoms with Crippen molar-refractivity contribution in [2.75, 3.05) is 19.8 Å². The van der Waals surface area contributed by atoms with E-state index in [1.807, 2.05) is 18.2 Å². The van der Waals surface area contributed by atoms with Crippen molar-refractivity contribution < 1.29 is 4.74 Å². The zero-order valence-corrected chi connectivity index (χ0v) is 10.2. The number of rotatable bonds is 4. The minimum Gasteiger partial charge on any atom is -0.360 e. The fourth-order valence-corrected chi connectivity index (χ4v) is 2.10. The molecule has 1 aromatic heterocycles. The van der Waals surface area contributed by atoms with Gasteiger partial charge in [-0.1, -0.05) is 6.07 Å². The van der Waals surface area contributed by atoms with Crippen molar-refractivity contribution in [2.24, 2.45) is 0 Å². The van der Waals surface area contributed by atoms with Crippen LogP contribution in [0.3, 0.4) is 0 Å². The molecule has 0 aromatic carbocycles. The number of hydrogen-bond acceptors (Lipinski definition) is 3. The molecule has 15 heavy (non-hydrogen) atoms. The molecule has 0 unspecified atom stereocenters. The van der Waals surface area contributed by atoms with E-state index in [1.165, 1.54) is 25.9 Å². The monoisotopic (exact) mass is 270 g/mol. The van der Waals surface area contributed by atoms with Gasteiger partial charge in [-0.3, -0.25) is 4.90 Å². The van der Waals surface area contributed by atoms with Crippen molar-refractivity contribution in [2.45, 2.75) is 19.4 Å². The van der Waals surface area contributed by atoms with Crippen LogP contribution in [0.2, 0.25) is 0 Å². The van der Waals surface area contributed by atoms with Gasteiger partial charge in [-0.2, -0.15) is 0 Å². The third-order valence-electron chi connectivity index (χ3n) is 2.50. The molecule has 2 rings (SSSR count). The van der Waals surface area contributed by atoms with Crippen LogP contribution >= 0.6 is 15.9 Å². The lowest BCUT2D eigenvalue weighted by molar-refractivity contribution is 0.0296. The summed E-state index contributed by atoms with van der Waals surface area (Å²) in [4.78, 5) is 6.64. The van der Waals surface area contributed by atoms with Crippen molar-refractivity contribution in [3.63, 3.8) is 0 Å². The first-order valence-corrected chi connectivity index (χ1v) is 6.05. The van der Waals surface area contributed by atoms with Gasteiger partial charge in [-0.15, -0.1) is 0 Å². The van der Waals surface area contributed by atoms with Crippen LogP contribution in [-0.2, 0) is 11.3 Å². The number of ether oxygens (including phenoxy) is 1. The zero-order valence-electron chi connectivity index (χ0n) is 8.66. The van der Waals surface area contributed by atoms with Crippen molar-refractivity contribution in [1.29, 1.82) is 0 Å². The number of hydrogen-bond donors (Lipinski definition) is 0. The van der Waals surface area contributed by atoms with Crippen molar-refractivity contribution >= 4 is 15.9 Å². The quantitative estimate of drug-likeness (QED) is 0.786. The summed E-state index contributed by atoms with van der Waals surface area (Å²) in [5.41, 5.74) is 0.976. The largest absolute Gasteiger partial charge is 0.360 e. The van der Waals surface area contributed by atoms with Crippen LogP contribution in [0.25, 0.3) is 0 Å². The SMILES string of the molecule is Brc1cccc(COCN2CCCC2)n1. The molecule has 1 aliphatic rings. The standard InChI is InChI=1S/C11H15BrN2O/c12-11-5-3-4-10(13-11)8-15-9-14-6-1-2-7-14/h3-5H,1-2,6-9H2. The van der Waals surface area contributed by atoms with Crippen LogP contribution in [0.5, 0.6) is 0 Å². The highest BCUT2D eigenvalue weighted by atomic mass is 79.9. The molecule has 0 aliphatic carbocycles. The Kier molecular flexibility index (Phi) is 4.11. The Morgan fingerprint density at radius 3 is 2.87 bits per heavy atom. The second-order valence-electron chi connectivity index (χ2n) is 3.75. The van der Waals surface area contributed by atoms with Gasteiger partial charge in [0.1, 0.15) is 4.60 Å². The fourth-order valence-electron chi connectivity index (χ4n) is 1.72. The molecule has 1 saturated heterocycles. The van der Waals surface area contributed by atoms with Crippen molar-refractivity contribution in [3.8, 4) is 0 Å². The molecule has 0 saturated carbocycles. The van der Waals surface area contributed by atoms with E-state index >= 15 is 0 Å². The van der Waals surface area contributed by atoms with Crippen molar-refractivity contribution in [1.82, 2.24) is 9.88 Å². The predicted molar refractivity (Wildman–Crippen MR) is 62.4 cm³/mol. The predicted octanol–water partition coefficient (Wildman–Crippen LogP) is 2.41. The van der Waals surface area contributed by atoms with E-state index in [4.69, 9.17) is 4.74 Å². The molecular weight excluding hydrogens is 256 g/mol. The van der Waals surface area contributed by atoms with E-state index in [0.717, 1.165) is 17.0 Å². The molecule has 4 heteroatoms. The van der Waals surface area contributed by atoms with Crippen LogP contribution < -0.4 is 0 Å². The van der Waals surface area contributed by atoms with E-state index in [-0.39, 0.29) is 0 Å². The molecule has 0 atom stereocenters. The third kappa shape index (κ3) is 3.55. The first-order valence-electron chi connectivity index (χ1n) is 5.26. The van der Waals surface area contributed by atoms with Crippen LogP contribution in [0.4, 0.5) is 0 Å². The third-order valence-corrected chi connectivity index (χ3v) is 2.94. The minimum absolute atomic E-state index is 0.593. The highest BCUT2D eigenvalue weighted by Crippen LogP contribution is 2.09. The lowest BCUT2D eigenvalue weighted by Gasteiger charge is -2.14. The molecular formula is C11H15BrN2O. The smallest absolute Gasteiger partial charge is 0.106 e. The fraction of sp³-hybridized carbons (Fsp3) is 0.545. The Balaban J connectivity index is 1.73. The summed E-state index contributed by atoms with van der Waals surface area (Å²) in [6, 6.07) is 5.88. The van der Waals surface area contributed by atoms with E-state index < -0.39 is 0 Å². The van der Waals surface area contributed by atoms with E-state index in [2.05, 4.69) is 25.8 Å². The summed E-state index contributed by atoms with van der Waals surface area (Å²) in [5.74, 6) is 0. The van der Waals surface area contributed by atoms with Crippen molar-refractivity contribution in [3.05, 3.63) is 28.5 Å². The summed E-state index contributed by atoms with van der Waals surface area (Å²) in [7, 11) is 0. The van der Waals surface area contributed by atoms with Crippen LogP contribution in [0.15, 0.2) is 22.8 Å². The lowest BCUT2D eigenvalue weighted by atomic mass is 10.4. The molecule has 82 valence electrons. The van der Waals surface area contributed by atoms with Crippen LogP contribution in [0, 0.1) is 0 Å². The van der Waals surface area contributed by atoms with Gasteiger partial charge in [0.2, 0.25) is 0 Å². The summed E-state index contributed by atoms with van der Waals surface area (Å²) >= 11 is 3.34. The maximum atomic E-state index is 5.60. The molecule has 0 amide bonds. The number of halogens is 1. The molecule has 1 aromatic rings. The van der Waals surface area contributed by atoms with Gasteiger partial charge in [0.05, 0.1) is 19.0 Å². The average molecular weight is 271 g/mol. The first kappa shape index (κ1) is 11.0. The Bertz CT molecular complexity index is 313. The Hall–Kier alpha value is -0.450. The second kappa shape index (κ2) is 5.58. The summed E-state index contributed by atoms with van der Waals surface area (Å²) in [6.07, 6.45) is 2.61. The maximum Gasteiger partial charge on any atom is 0.106 e.